The van der Waals surface area contributed by atoms with Crippen LogP contribution < -0.4 is 15.8 Å². The molecule has 3 N–H and O–H groups in total. The summed E-state index contributed by atoms with van der Waals surface area (Å²) in [7, 11) is 0. The zero-order valence-electron chi connectivity index (χ0n) is 15.9. The number of hydrogen-bond donors (Lipinski definition) is 2. The van der Waals surface area contributed by atoms with Crippen LogP contribution in [0.3, 0.4) is 0 Å². The average Bonchev–Trinajstić information content (AvgIpc) is 2.63. The summed E-state index contributed by atoms with van der Waals surface area (Å²) >= 11 is 6.39. The van der Waals surface area contributed by atoms with Gasteiger partial charge in [-0.1, -0.05) is 32.4 Å². The van der Waals surface area contributed by atoms with Crippen LogP contribution in [0.15, 0.2) is 18.3 Å². The molecule has 1 fully saturated rings. The van der Waals surface area contributed by atoms with Gasteiger partial charge in [0.2, 0.25) is 0 Å². The zero-order valence-corrected chi connectivity index (χ0v) is 16.7. The smallest absolute Gasteiger partial charge is 0.146 e. The van der Waals surface area contributed by atoms with Crippen LogP contribution in [0, 0.1) is 11.3 Å². The molecule has 0 bridgehead atoms. The lowest BCUT2D eigenvalue weighted by atomic mass is 9.62. The second-order valence-electron chi connectivity index (χ2n) is 8.03. The summed E-state index contributed by atoms with van der Waals surface area (Å²) in [6.07, 6.45) is 6.54. The predicted octanol–water partition coefficient (Wildman–Crippen LogP) is 5.41. The minimum atomic E-state index is -0.274. The lowest BCUT2D eigenvalue weighted by Crippen LogP contribution is -2.48. The Bertz CT molecular complexity index is 681. The number of halogens is 2. The van der Waals surface area contributed by atoms with E-state index in [2.05, 4.69) is 26.1 Å². The highest BCUT2D eigenvalue weighted by Gasteiger charge is 2.42. The van der Waals surface area contributed by atoms with Gasteiger partial charge in [-0.25, -0.2) is 4.39 Å². The van der Waals surface area contributed by atoms with Gasteiger partial charge in [0, 0.05) is 24.4 Å². The first kappa shape index (κ1) is 19.5. The van der Waals surface area contributed by atoms with E-state index in [4.69, 9.17) is 22.1 Å². The van der Waals surface area contributed by atoms with Gasteiger partial charge < -0.3 is 15.8 Å². The van der Waals surface area contributed by atoms with Crippen LogP contribution in [-0.4, -0.2) is 12.1 Å². The number of ether oxygens (including phenoxy) is 1. The molecule has 5 heteroatoms. The molecule has 1 aromatic rings. The van der Waals surface area contributed by atoms with Crippen molar-refractivity contribution in [2.24, 2.45) is 17.1 Å². The van der Waals surface area contributed by atoms with Crippen molar-refractivity contribution in [1.82, 2.24) is 5.32 Å². The first-order valence-corrected chi connectivity index (χ1v) is 10.1. The van der Waals surface area contributed by atoms with Gasteiger partial charge in [-0.05, 0) is 61.1 Å². The maximum Gasteiger partial charge on any atom is 0.146 e. The highest BCUT2D eigenvalue weighted by Crippen LogP contribution is 2.46. The molecule has 0 aromatic heterocycles. The standard InChI is InChI=1S/C21H30ClFN2O/c1-4-20(24)21(13(2)3)7-5-15(6-8-21)26-19-10-16-14(9-17(19)22)11-25-12-18(16)23/h9-10,12-13,15,20,25H,4-8,11,24H2,1-3H3/t15?,20-,21?/m0/s1. The third-order valence-electron chi connectivity index (χ3n) is 6.42. The number of hydrogen-bond acceptors (Lipinski definition) is 3. The van der Waals surface area contributed by atoms with Crippen LogP contribution >= 0.6 is 11.6 Å². The molecule has 1 aliphatic heterocycles. The molecule has 1 aliphatic carbocycles. The van der Waals surface area contributed by atoms with Gasteiger partial charge in [0.1, 0.15) is 11.6 Å². The van der Waals surface area contributed by atoms with Crippen LogP contribution in [0.4, 0.5) is 4.39 Å². The Kier molecular flexibility index (Phi) is 5.83. The molecule has 1 atom stereocenters. The summed E-state index contributed by atoms with van der Waals surface area (Å²) in [6.45, 7) is 7.31. The largest absolute Gasteiger partial charge is 0.489 e. The van der Waals surface area contributed by atoms with Gasteiger partial charge in [0.05, 0.1) is 11.1 Å². The first-order valence-electron chi connectivity index (χ1n) is 9.71. The molecule has 0 radical (unpaired) electrons. The van der Waals surface area contributed by atoms with Crippen LogP contribution in [-0.2, 0) is 6.54 Å². The van der Waals surface area contributed by atoms with E-state index in [0.29, 0.717) is 28.8 Å². The monoisotopic (exact) mass is 380 g/mol. The average molecular weight is 381 g/mol. The number of benzene rings is 1. The summed E-state index contributed by atoms with van der Waals surface area (Å²) in [6, 6.07) is 3.77. The molecule has 3 nitrogen and oxygen atoms in total. The molecule has 0 amide bonds. The number of nitrogens with one attached hydrogen (secondary N) is 1. The third-order valence-corrected chi connectivity index (χ3v) is 6.72. The van der Waals surface area contributed by atoms with E-state index in [9.17, 15) is 4.39 Å². The van der Waals surface area contributed by atoms with Crippen molar-refractivity contribution in [2.75, 3.05) is 0 Å². The van der Waals surface area contributed by atoms with E-state index in [-0.39, 0.29) is 23.4 Å². The third kappa shape index (κ3) is 3.59. The summed E-state index contributed by atoms with van der Waals surface area (Å²) in [5.74, 6) is 0.860. The van der Waals surface area contributed by atoms with Gasteiger partial charge >= 0.3 is 0 Å². The van der Waals surface area contributed by atoms with E-state index in [1.54, 1.807) is 12.1 Å². The molecule has 0 spiro atoms. The second-order valence-corrected chi connectivity index (χ2v) is 8.44. The summed E-state index contributed by atoms with van der Waals surface area (Å²) in [5, 5.41) is 3.45. The van der Waals surface area contributed by atoms with Gasteiger partial charge in [-0.2, -0.15) is 0 Å². The van der Waals surface area contributed by atoms with Gasteiger partial charge in [0.25, 0.3) is 0 Å². The predicted molar refractivity (Wildman–Crippen MR) is 106 cm³/mol. The molecule has 144 valence electrons. The van der Waals surface area contributed by atoms with Crippen molar-refractivity contribution < 1.29 is 9.13 Å². The second kappa shape index (κ2) is 7.77. The Balaban J connectivity index is 1.72. The Morgan fingerprint density at radius 1 is 1.35 bits per heavy atom. The summed E-state index contributed by atoms with van der Waals surface area (Å²) in [4.78, 5) is 0. The van der Waals surface area contributed by atoms with Crippen LogP contribution in [0.2, 0.25) is 5.02 Å². The number of fused-ring (bicyclic) bond motifs is 1. The highest BCUT2D eigenvalue weighted by atomic mass is 35.5. The van der Waals surface area contributed by atoms with E-state index in [0.717, 1.165) is 37.7 Å². The van der Waals surface area contributed by atoms with Crippen LogP contribution in [0.1, 0.15) is 64.0 Å². The highest BCUT2D eigenvalue weighted by molar-refractivity contribution is 6.32. The molecule has 0 unspecified atom stereocenters. The fourth-order valence-electron chi connectivity index (χ4n) is 4.59. The molecule has 1 aromatic carbocycles. The van der Waals surface area contributed by atoms with Crippen molar-refractivity contribution >= 4 is 17.4 Å². The van der Waals surface area contributed by atoms with E-state index in [1.165, 1.54) is 6.20 Å². The van der Waals surface area contributed by atoms with Crippen molar-refractivity contribution in [3.63, 3.8) is 0 Å². The summed E-state index contributed by atoms with van der Waals surface area (Å²) < 4.78 is 20.3. The Hall–Kier alpha value is -1.26. The topological polar surface area (TPSA) is 47.3 Å². The van der Waals surface area contributed by atoms with Crippen LogP contribution in [0.5, 0.6) is 5.75 Å². The Labute approximate surface area is 161 Å². The van der Waals surface area contributed by atoms with Gasteiger partial charge in [0.15, 0.2) is 0 Å². The van der Waals surface area contributed by atoms with Gasteiger partial charge in [-0.3, -0.25) is 0 Å². The minimum absolute atomic E-state index is 0.107. The molecule has 26 heavy (non-hydrogen) atoms. The molecular weight excluding hydrogens is 351 g/mol. The molecular formula is C21H30ClFN2O. The molecule has 0 saturated heterocycles. The quantitative estimate of drug-likeness (QED) is 0.717. The summed E-state index contributed by atoms with van der Waals surface area (Å²) in [5.41, 5.74) is 8.10. The van der Waals surface area contributed by atoms with E-state index in [1.807, 2.05) is 0 Å². The Morgan fingerprint density at radius 2 is 2.04 bits per heavy atom. The first-order chi connectivity index (χ1) is 12.4. The lowest BCUT2D eigenvalue weighted by molar-refractivity contribution is 0.0256. The zero-order chi connectivity index (χ0) is 18.9. The molecule has 1 heterocycles. The molecule has 2 aliphatic rings. The van der Waals surface area contributed by atoms with Crippen LogP contribution in [0.25, 0.3) is 5.83 Å². The Morgan fingerprint density at radius 3 is 2.65 bits per heavy atom. The maximum atomic E-state index is 14.1. The van der Waals surface area contributed by atoms with Crippen molar-refractivity contribution in [1.29, 1.82) is 0 Å². The fourth-order valence-corrected chi connectivity index (χ4v) is 4.82. The van der Waals surface area contributed by atoms with Crippen molar-refractivity contribution in [3.05, 3.63) is 34.5 Å². The van der Waals surface area contributed by atoms with Crippen molar-refractivity contribution in [2.45, 2.75) is 71.6 Å². The van der Waals surface area contributed by atoms with E-state index >= 15 is 0 Å². The molecule has 3 rings (SSSR count). The normalized spacial score (nSPS) is 26.7. The fraction of sp³-hybridized carbons (Fsp3) is 0.619. The number of rotatable bonds is 5. The minimum Gasteiger partial charge on any atom is -0.489 e. The number of nitrogens with two attached hydrogens (primary N) is 1. The maximum absolute atomic E-state index is 14.1. The lowest BCUT2D eigenvalue weighted by Gasteiger charge is -2.47. The van der Waals surface area contributed by atoms with Crippen molar-refractivity contribution in [3.8, 4) is 5.75 Å². The van der Waals surface area contributed by atoms with E-state index < -0.39 is 0 Å². The van der Waals surface area contributed by atoms with Gasteiger partial charge in [-0.15, -0.1) is 0 Å². The SMILES string of the molecule is CC[C@H](N)C1(C(C)C)CCC(Oc2cc3c(cc2Cl)CNC=C3F)CC1. The molecule has 1 saturated carbocycles.